The molecule has 48 heavy (non-hydrogen) atoms. The summed E-state index contributed by atoms with van der Waals surface area (Å²) >= 11 is 0. The highest BCUT2D eigenvalue weighted by Crippen LogP contribution is 2.39. The van der Waals surface area contributed by atoms with Crippen LogP contribution < -0.4 is 4.90 Å². The summed E-state index contributed by atoms with van der Waals surface area (Å²) in [6.07, 6.45) is 4.57. The Bertz CT molecular complexity index is 1820. The van der Waals surface area contributed by atoms with Crippen LogP contribution in [0.2, 0.25) is 0 Å². The third kappa shape index (κ3) is 6.57. The fourth-order valence-electron chi connectivity index (χ4n) is 7.45. The second kappa shape index (κ2) is 14.2. The van der Waals surface area contributed by atoms with E-state index >= 15 is 0 Å². The van der Waals surface area contributed by atoms with Crippen LogP contribution in [-0.4, -0.2) is 104 Å². The van der Waals surface area contributed by atoms with Gasteiger partial charge in [-0.25, -0.2) is 9.67 Å². The van der Waals surface area contributed by atoms with Gasteiger partial charge < -0.3 is 24.0 Å². The van der Waals surface area contributed by atoms with E-state index in [2.05, 4.69) is 89.4 Å². The molecule has 1 amide bonds. The summed E-state index contributed by atoms with van der Waals surface area (Å²) in [5.74, 6) is 1.11. The Balaban J connectivity index is 1.05. The van der Waals surface area contributed by atoms with Gasteiger partial charge in [0, 0.05) is 56.9 Å². The zero-order valence-corrected chi connectivity index (χ0v) is 28.0. The van der Waals surface area contributed by atoms with E-state index in [4.69, 9.17) is 9.72 Å². The first-order valence-electron chi connectivity index (χ1n) is 17.2. The first-order valence-corrected chi connectivity index (χ1v) is 17.2. The molecule has 7 rings (SSSR count). The molecule has 0 N–H and O–H groups in total. The quantitative estimate of drug-likeness (QED) is 0.190. The number of fused-ring (bicyclic) bond motifs is 1. The van der Waals surface area contributed by atoms with Gasteiger partial charge in [0.2, 0.25) is 5.95 Å². The predicted octanol–water partition coefficient (Wildman–Crippen LogP) is 4.74. The number of amides is 1. The highest BCUT2D eigenvalue weighted by molar-refractivity contribution is 5.96. The van der Waals surface area contributed by atoms with E-state index in [9.17, 15) is 4.79 Å². The maximum absolute atomic E-state index is 14.0. The molecule has 0 spiro atoms. The number of rotatable bonds is 11. The van der Waals surface area contributed by atoms with Gasteiger partial charge in [0.25, 0.3) is 5.91 Å². The molecule has 4 heterocycles. The number of aryl methyl sites for hydroxylation is 1. The van der Waals surface area contributed by atoms with E-state index in [0.717, 1.165) is 93.3 Å². The van der Waals surface area contributed by atoms with E-state index in [1.54, 1.807) is 11.0 Å². The summed E-state index contributed by atoms with van der Waals surface area (Å²) < 4.78 is 9.65. The number of para-hydroxylation sites is 2. The molecule has 11 nitrogen and oxygen atoms in total. The van der Waals surface area contributed by atoms with Crippen molar-refractivity contribution in [2.75, 3.05) is 63.9 Å². The molecule has 0 bridgehead atoms. The molecular weight excluding hydrogens is 602 g/mol. The molecule has 0 radical (unpaired) electrons. The van der Waals surface area contributed by atoms with Gasteiger partial charge in [-0.1, -0.05) is 48.5 Å². The highest BCUT2D eigenvalue weighted by Gasteiger charge is 2.42. The van der Waals surface area contributed by atoms with Crippen LogP contribution in [0.4, 0.5) is 5.95 Å². The number of tetrazole rings is 1. The van der Waals surface area contributed by atoms with E-state index < -0.39 is 0 Å². The molecule has 0 aliphatic carbocycles. The van der Waals surface area contributed by atoms with Crippen LogP contribution in [0.15, 0.2) is 79.1 Å². The third-order valence-electron chi connectivity index (χ3n) is 10.2. The highest BCUT2D eigenvalue weighted by atomic mass is 16.5. The lowest BCUT2D eigenvalue weighted by molar-refractivity contribution is 0.0780. The van der Waals surface area contributed by atoms with Crippen molar-refractivity contribution in [3.8, 4) is 5.69 Å². The minimum Gasteiger partial charge on any atom is -0.380 e. The molecule has 2 aliphatic heterocycles. The lowest BCUT2D eigenvalue weighted by Gasteiger charge is -2.33. The maximum atomic E-state index is 14.0. The molecule has 250 valence electrons. The average molecular weight is 648 g/mol. The van der Waals surface area contributed by atoms with Crippen molar-refractivity contribution in [1.82, 2.24) is 39.6 Å². The van der Waals surface area contributed by atoms with Crippen LogP contribution in [0.1, 0.15) is 47.7 Å². The minimum atomic E-state index is -0.0997. The summed E-state index contributed by atoms with van der Waals surface area (Å²) in [6.45, 7) is 12.6. The zero-order chi connectivity index (χ0) is 32.9. The molecule has 1 atom stereocenters. The molecule has 3 aromatic carbocycles. The Kier molecular flexibility index (Phi) is 9.49. The van der Waals surface area contributed by atoms with E-state index in [-0.39, 0.29) is 11.3 Å². The van der Waals surface area contributed by atoms with Gasteiger partial charge in [-0.2, -0.15) is 0 Å². The standard InChI is InChI=1S/C37H45N9O2/c1-3-48-25-24-45-34-13-8-7-12-33(34)39-36(45)43-19-9-18-42(22-23-43)20-16-37(30-10-5-4-6-11-30)17-21-44(27-37)35(47)32-26-31(15-14-29(32)2)46-28-38-40-41-46/h4-8,10-15,26,28H,3,9,16-25,27H2,1-2H3. The van der Waals surface area contributed by atoms with Gasteiger partial charge in [-0.3, -0.25) is 4.79 Å². The molecule has 2 fully saturated rings. The van der Waals surface area contributed by atoms with E-state index in [0.29, 0.717) is 25.3 Å². The number of imidazole rings is 1. The molecule has 5 aromatic rings. The normalized spacial score (nSPS) is 18.9. The number of anilines is 1. The fraction of sp³-hybridized carbons (Fsp3) is 0.432. The predicted molar refractivity (Wildman–Crippen MR) is 187 cm³/mol. The van der Waals surface area contributed by atoms with Crippen molar-refractivity contribution in [2.24, 2.45) is 0 Å². The zero-order valence-electron chi connectivity index (χ0n) is 28.0. The van der Waals surface area contributed by atoms with Gasteiger partial charge in [-0.05, 0) is 92.0 Å². The molecular formula is C37H45N9O2. The van der Waals surface area contributed by atoms with Gasteiger partial charge in [0.05, 0.1) is 23.3 Å². The number of benzene rings is 3. The van der Waals surface area contributed by atoms with Crippen LogP contribution in [0, 0.1) is 6.92 Å². The molecule has 2 aliphatic rings. The van der Waals surface area contributed by atoms with E-state index in [1.807, 2.05) is 32.0 Å². The van der Waals surface area contributed by atoms with Crippen molar-refractivity contribution in [2.45, 2.75) is 45.1 Å². The number of likely N-dealkylation sites (tertiary alicyclic amines) is 1. The second-order valence-corrected chi connectivity index (χ2v) is 13.1. The number of hydrogen-bond acceptors (Lipinski definition) is 8. The fourth-order valence-corrected chi connectivity index (χ4v) is 7.45. The van der Waals surface area contributed by atoms with Crippen molar-refractivity contribution in [3.05, 3.63) is 95.8 Å². The maximum Gasteiger partial charge on any atom is 0.254 e. The number of carbonyl (C=O) groups is 1. The molecule has 2 aromatic heterocycles. The summed E-state index contributed by atoms with van der Waals surface area (Å²) in [7, 11) is 0. The Morgan fingerprint density at radius 1 is 0.938 bits per heavy atom. The Labute approximate surface area is 282 Å². The van der Waals surface area contributed by atoms with Gasteiger partial charge >= 0.3 is 0 Å². The topological polar surface area (TPSA) is 97.4 Å². The van der Waals surface area contributed by atoms with Gasteiger partial charge in [0.15, 0.2) is 0 Å². The summed E-state index contributed by atoms with van der Waals surface area (Å²) in [6, 6.07) is 25.1. The summed E-state index contributed by atoms with van der Waals surface area (Å²) in [5, 5.41) is 11.5. The Morgan fingerprint density at radius 3 is 2.62 bits per heavy atom. The largest absolute Gasteiger partial charge is 0.380 e. The first kappa shape index (κ1) is 32.0. The lowest BCUT2D eigenvalue weighted by Crippen LogP contribution is -2.39. The summed E-state index contributed by atoms with van der Waals surface area (Å²) in [4.78, 5) is 26.2. The van der Waals surface area contributed by atoms with Crippen molar-refractivity contribution in [1.29, 1.82) is 0 Å². The Hall–Kier alpha value is -4.61. The van der Waals surface area contributed by atoms with Crippen molar-refractivity contribution < 1.29 is 9.53 Å². The molecule has 0 saturated carbocycles. The van der Waals surface area contributed by atoms with Crippen molar-refractivity contribution in [3.63, 3.8) is 0 Å². The smallest absolute Gasteiger partial charge is 0.254 e. The van der Waals surface area contributed by atoms with Crippen LogP contribution >= 0.6 is 0 Å². The average Bonchev–Trinajstić information content (AvgIpc) is 3.86. The van der Waals surface area contributed by atoms with Crippen LogP contribution in [0.3, 0.4) is 0 Å². The van der Waals surface area contributed by atoms with Crippen LogP contribution in [0.25, 0.3) is 16.7 Å². The molecule has 2 saturated heterocycles. The second-order valence-electron chi connectivity index (χ2n) is 13.1. The van der Waals surface area contributed by atoms with Crippen molar-refractivity contribution >= 4 is 22.9 Å². The molecule has 1 unspecified atom stereocenters. The Morgan fingerprint density at radius 2 is 1.79 bits per heavy atom. The number of nitrogens with zero attached hydrogens (tertiary/aromatic N) is 9. The number of ether oxygens (including phenoxy) is 1. The van der Waals surface area contributed by atoms with E-state index in [1.165, 1.54) is 5.56 Å². The number of carbonyl (C=O) groups excluding carboxylic acids is 1. The van der Waals surface area contributed by atoms with Gasteiger partial charge in [-0.15, -0.1) is 5.10 Å². The van der Waals surface area contributed by atoms with Crippen LogP contribution in [-0.2, 0) is 16.7 Å². The minimum absolute atomic E-state index is 0.0675. The van der Waals surface area contributed by atoms with Crippen LogP contribution in [0.5, 0.6) is 0 Å². The molecule has 11 heteroatoms. The number of aromatic nitrogens is 6. The first-order chi connectivity index (χ1) is 23.5. The monoisotopic (exact) mass is 647 g/mol. The number of hydrogen-bond donors (Lipinski definition) is 0. The summed E-state index contributed by atoms with van der Waals surface area (Å²) in [5.41, 5.74) is 5.85. The van der Waals surface area contributed by atoms with Gasteiger partial charge in [0.1, 0.15) is 6.33 Å². The lowest BCUT2D eigenvalue weighted by atomic mass is 9.76. The SMILES string of the molecule is CCOCCn1c(N2CCCN(CCC3(c4ccccc4)CCN(C(=O)c4cc(-n5cnnn5)ccc4C)C3)CC2)nc2ccccc21. The third-order valence-corrected chi connectivity index (χ3v) is 10.2.